The number of ketones is 1. The number of hydrogen-bond donors (Lipinski definition) is 0. The number of carbonyl (C=O) groups excluding carboxylic acids is 1. The van der Waals surface area contributed by atoms with Crippen molar-refractivity contribution in [1.29, 1.82) is 0 Å². The van der Waals surface area contributed by atoms with Gasteiger partial charge in [0.1, 0.15) is 5.78 Å². The number of Topliss-reactive ketones (excluding diaryl/α,β-unsaturated/α-hetero) is 1. The Balaban J connectivity index is 2.05. The Morgan fingerprint density at radius 1 is 1.15 bits per heavy atom. The first-order chi connectivity index (χ1) is 6.36. The lowest BCUT2D eigenvalue weighted by Gasteiger charge is -2.40. The molecule has 3 rings (SSSR count). The van der Waals surface area contributed by atoms with Crippen LogP contribution < -0.4 is 0 Å². The molecule has 0 radical (unpaired) electrons. The van der Waals surface area contributed by atoms with Gasteiger partial charge in [-0.15, -0.1) is 0 Å². The molecule has 1 saturated carbocycles. The van der Waals surface area contributed by atoms with E-state index in [0.29, 0.717) is 17.6 Å². The number of aryl methyl sites for hydroxylation is 1. The molecule has 2 unspecified atom stereocenters. The van der Waals surface area contributed by atoms with Gasteiger partial charge in [-0.05, 0) is 24.0 Å². The molecule has 2 atom stereocenters. The summed E-state index contributed by atoms with van der Waals surface area (Å²) in [7, 11) is 0. The quantitative estimate of drug-likeness (QED) is 0.587. The van der Waals surface area contributed by atoms with E-state index in [1.165, 1.54) is 11.1 Å². The Kier molecular flexibility index (Phi) is 1.37. The van der Waals surface area contributed by atoms with Crippen LogP contribution in [0, 0.1) is 5.92 Å². The van der Waals surface area contributed by atoms with E-state index in [2.05, 4.69) is 24.3 Å². The van der Waals surface area contributed by atoms with E-state index in [1.807, 2.05) is 0 Å². The number of rotatable bonds is 0. The van der Waals surface area contributed by atoms with Gasteiger partial charge in [-0.1, -0.05) is 24.3 Å². The molecule has 0 N–H and O–H groups in total. The van der Waals surface area contributed by atoms with Gasteiger partial charge in [-0.3, -0.25) is 4.79 Å². The number of fused-ring (bicyclic) bond motifs is 3. The predicted octanol–water partition coefficient (Wildman–Crippen LogP) is 2.31. The fraction of sp³-hybridized carbons (Fsp3) is 0.417. The zero-order valence-electron chi connectivity index (χ0n) is 7.49. The molecule has 0 aliphatic heterocycles. The zero-order chi connectivity index (χ0) is 8.84. The van der Waals surface area contributed by atoms with Gasteiger partial charge in [0.25, 0.3) is 0 Å². The van der Waals surface area contributed by atoms with Crippen molar-refractivity contribution in [1.82, 2.24) is 0 Å². The summed E-state index contributed by atoms with van der Waals surface area (Å²) in [4.78, 5) is 11.3. The average Bonchev–Trinajstić information content (AvgIpc) is 2.16. The first kappa shape index (κ1) is 7.31. The molecule has 0 aromatic heterocycles. The maximum atomic E-state index is 11.3. The topological polar surface area (TPSA) is 17.1 Å². The van der Waals surface area contributed by atoms with Crippen LogP contribution in [0.2, 0.25) is 0 Å². The van der Waals surface area contributed by atoms with Crippen molar-refractivity contribution >= 4 is 5.78 Å². The maximum absolute atomic E-state index is 11.3. The van der Waals surface area contributed by atoms with Crippen LogP contribution in [0.25, 0.3) is 0 Å². The highest BCUT2D eigenvalue weighted by molar-refractivity contribution is 5.90. The summed E-state index contributed by atoms with van der Waals surface area (Å²) in [5.74, 6) is 1.42. The highest BCUT2D eigenvalue weighted by Crippen LogP contribution is 2.46. The van der Waals surface area contributed by atoms with Gasteiger partial charge >= 0.3 is 0 Å². The van der Waals surface area contributed by atoms with Gasteiger partial charge in [-0.2, -0.15) is 0 Å². The third-order valence-corrected chi connectivity index (χ3v) is 3.50. The van der Waals surface area contributed by atoms with Crippen LogP contribution >= 0.6 is 0 Å². The molecule has 0 spiro atoms. The molecular formula is C12H12O. The predicted molar refractivity (Wildman–Crippen MR) is 50.6 cm³/mol. The summed E-state index contributed by atoms with van der Waals surface area (Å²) in [6.07, 6.45) is 2.98. The van der Waals surface area contributed by atoms with Crippen molar-refractivity contribution in [3.05, 3.63) is 35.4 Å². The van der Waals surface area contributed by atoms with Crippen molar-refractivity contribution < 1.29 is 4.79 Å². The Labute approximate surface area is 77.8 Å². The normalized spacial score (nSPS) is 30.3. The largest absolute Gasteiger partial charge is 0.299 e. The molecule has 1 fully saturated rings. The summed E-state index contributed by atoms with van der Waals surface area (Å²) < 4.78 is 0. The van der Waals surface area contributed by atoms with Crippen LogP contribution in [0.4, 0.5) is 0 Å². The van der Waals surface area contributed by atoms with Crippen molar-refractivity contribution in [3.8, 4) is 0 Å². The lowest BCUT2D eigenvalue weighted by Crippen LogP contribution is -2.38. The molecule has 2 aliphatic carbocycles. The summed E-state index contributed by atoms with van der Waals surface area (Å²) in [6, 6.07) is 8.58. The molecule has 0 saturated heterocycles. The van der Waals surface area contributed by atoms with E-state index in [9.17, 15) is 4.79 Å². The van der Waals surface area contributed by atoms with Gasteiger partial charge < -0.3 is 0 Å². The molecule has 13 heavy (non-hydrogen) atoms. The smallest absolute Gasteiger partial charge is 0.137 e. The molecule has 1 nitrogen and oxygen atoms in total. The van der Waals surface area contributed by atoms with Crippen molar-refractivity contribution in [3.63, 3.8) is 0 Å². The fourth-order valence-electron chi connectivity index (χ4n) is 2.70. The SMILES string of the molecule is O=C1CC2c3ccccc3CCC12. The molecule has 2 aliphatic rings. The average molecular weight is 172 g/mol. The molecule has 1 aromatic carbocycles. The van der Waals surface area contributed by atoms with Crippen LogP contribution in [0.5, 0.6) is 0 Å². The summed E-state index contributed by atoms with van der Waals surface area (Å²) in [6.45, 7) is 0. The summed E-state index contributed by atoms with van der Waals surface area (Å²) in [5, 5.41) is 0. The first-order valence-corrected chi connectivity index (χ1v) is 4.97. The van der Waals surface area contributed by atoms with Gasteiger partial charge in [0.05, 0.1) is 0 Å². The highest BCUT2D eigenvalue weighted by Gasteiger charge is 2.43. The molecule has 0 heterocycles. The molecule has 1 aromatic rings. The minimum absolute atomic E-state index is 0.370. The minimum atomic E-state index is 0.370. The van der Waals surface area contributed by atoms with Gasteiger partial charge in [0.15, 0.2) is 0 Å². The van der Waals surface area contributed by atoms with E-state index >= 15 is 0 Å². The van der Waals surface area contributed by atoms with Crippen LogP contribution in [-0.4, -0.2) is 5.78 Å². The summed E-state index contributed by atoms with van der Waals surface area (Å²) in [5.41, 5.74) is 2.91. The third-order valence-electron chi connectivity index (χ3n) is 3.50. The second kappa shape index (κ2) is 2.44. The zero-order valence-corrected chi connectivity index (χ0v) is 7.49. The Hall–Kier alpha value is -1.11. The second-order valence-electron chi connectivity index (χ2n) is 4.12. The number of carbonyl (C=O) groups is 1. The first-order valence-electron chi connectivity index (χ1n) is 4.97. The van der Waals surface area contributed by atoms with Gasteiger partial charge in [0, 0.05) is 18.3 Å². The van der Waals surface area contributed by atoms with Crippen molar-refractivity contribution in [2.24, 2.45) is 5.92 Å². The standard InChI is InChI=1S/C12H12O/c13-12-7-11-9-4-2-1-3-8(9)5-6-10(11)12/h1-4,10-11H,5-7H2. The number of hydrogen-bond acceptors (Lipinski definition) is 1. The Morgan fingerprint density at radius 3 is 2.85 bits per heavy atom. The molecular weight excluding hydrogens is 160 g/mol. The highest BCUT2D eigenvalue weighted by atomic mass is 16.1. The number of benzene rings is 1. The Morgan fingerprint density at radius 2 is 2.00 bits per heavy atom. The third kappa shape index (κ3) is 0.902. The van der Waals surface area contributed by atoms with Crippen LogP contribution in [0.15, 0.2) is 24.3 Å². The molecule has 66 valence electrons. The van der Waals surface area contributed by atoms with Gasteiger partial charge in [0.2, 0.25) is 0 Å². The van der Waals surface area contributed by atoms with Crippen LogP contribution in [-0.2, 0) is 11.2 Å². The lowest BCUT2D eigenvalue weighted by atomic mass is 9.62. The Bertz CT molecular complexity index is 367. The minimum Gasteiger partial charge on any atom is -0.299 e. The van der Waals surface area contributed by atoms with E-state index in [-0.39, 0.29) is 0 Å². The van der Waals surface area contributed by atoms with Gasteiger partial charge in [-0.25, -0.2) is 0 Å². The fourth-order valence-corrected chi connectivity index (χ4v) is 2.70. The lowest BCUT2D eigenvalue weighted by molar-refractivity contribution is -0.131. The van der Waals surface area contributed by atoms with Crippen molar-refractivity contribution in [2.75, 3.05) is 0 Å². The van der Waals surface area contributed by atoms with Crippen LogP contribution in [0.1, 0.15) is 29.9 Å². The van der Waals surface area contributed by atoms with E-state index < -0.39 is 0 Å². The summed E-state index contributed by atoms with van der Waals surface area (Å²) >= 11 is 0. The van der Waals surface area contributed by atoms with Crippen LogP contribution in [0.3, 0.4) is 0 Å². The van der Waals surface area contributed by atoms with E-state index in [1.54, 1.807) is 0 Å². The molecule has 0 bridgehead atoms. The maximum Gasteiger partial charge on any atom is 0.137 e. The molecule has 1 heteroatoms. The van der Waals surface area contributed by atoms with E-state index in [0.717, 1.165) is 19.3 Å². The molecule has 0 amide bonds. The monoisotopic (exact) mass is 172 g/mol. The van der Waals surface area contributed by atoms with Crippen molar-refractivity contribution in [2.45, 2.75) is 25.2 Å². The second-order valence-corrected chi connectivity index (χ2v) is 4.12. The van der Waals surface area contributed by atoms with E-state index in [4.69, 9.17) is 0 Å².